The van der Waals surface area contributed by atoms with E-state index >= 15 is 0 Å². The molecular weight excluding hydrogens is 195 g/mol. The first-order valence-electron chi connectivity index (χ1n) is 4.76. The number of rotatable bonds is 2. The standard InChI is InChI=1S/C9H10FNO.C2H7N/c1-6(2)8-4-3-7(5-12)11-9(8)10;1-3-2/h3-6H,1-2H3;3H,1-2H3. The van der Waals surface area contributed by atoms with Crippen LogP contribution in [0.1, 0.15) is 35.8 Å². The lowest BCUT2D eigenvalue weighted by Crippen LogP contribution is -1.98. The Balaban J connectivity index is 0.000000583. The molecule has 0 fully saturated rings. The normalized spacial score (nSPS) is 9.47. The number of hydrogen-bond acceptors (Lipinski definition) is 3. The highest BCUT2D eigenvalue weighted by Crippen LogP contribution is 2.16. The summed E-state index contributed by atoms with van der Waals surface area (Å²) in [4.78, 5) is 13.7. The number of nitrogens with one attached hydrogen (secondary N) is 1. The lowest BCUT2D eigenvalue weighted by molar-refractivity contribution is 0.111. The van der Waals surface area contributed by atoms with E-state index < -0.39 is 5.95 Å². The Morgan fingerprint density at radius 1 is 1.40 bits per heavy atom. The molecule has 1 rings (SSSR count). The summed E-state index contributed by atoms with van der Waals surface area (Å²) in [5, 5.41) is 2.75. The molecule has 0 aliphatic heterocycles. The lowest BCUT2D eigenvalue weighted by Gasteiger charge is -2.04. The van der Waals surface area contributed by atoms with Crippen molar-refractivity contribution in [2.75, 3.05) is 14.1 Å². The molecule has 0 aliphatic rings. The van der Waals surface area contributed by atoms with Gasteiger partial charge in [-0.25, -0.2) is 4.98 Å². The number of aromatic nitrogens is 1. The molecule has 0 aromatic carbocycles. The molecule has 0 atom stereocenters. The van der Waals surface area contributed by atoms with Crippen LogP contribution in [0.25, 0.3) is 0 Å². The molecule has 1 aromatic rings. The minimum atomic E-state index is -0.547. The van der Waals surface area contributed by atoms with Crippen molar-refractivity contribution in [1.29, 1.82) is 0 Å². The topological polar surface area (TPSA) is 42.0 Å². The largest absolute Gasteiger partial charge is 0.323 e. The van der Waals surface area contributed by atoms with Gasteiger partial charge in [-0.2, -0.15) is 4.39 Å². The molecule has 15 heavy (non-hydrogen) atoms. The van der Waals surface area contributed by atoms with Crippen LogP contribution in [0.3, 0.4) is 0 Å². The minimum absolute atomic E-state index is 0.0956. The van der Waals surface area contributed by atoms with Gasteiger partial charge in [-0.15, -0.1) is 0 Å². The third-order valence-electron chi connectivity index (χ3n) is 1.64. The summed E-state index contributed by atoms with van der Waals surface area (Å²) in [6, 6.07) is 3.11. The Morgan fingerprint density at radius 3 is 2.27 bits per heavy atom. The molecule has 0 aliphatic carbocycles. The van der Waals surface area contributed by atoms with Gasteiger partial charge < -0.3 is 5.32 Å². The van der Waals surface area contributed by atoms with Gasteiger partial charge in [-0.05, 0) is 26.1 Å². The second kappa shape index (κ2) is 7.06. The van der Waals surface area contributed by atoms with Crippen molar-refractivity contribution < 1.29 is 9.18 Å². The van der Waals surface area contributed by atoms with E-state index in [1.54, 1.807) is 6.07 Å². The molecule has 0 saturated heterocycles. The molecule has 4 heteroatoms. The summed E-state index contributed by atoms with van der Waals surface area (Å²) in [5.41, 5.74) is 0.678. The summed E-state index contributed by atoms with van der Waals surface area (Å²) in [6.45, 7) is 3.75. The molecule has 1 N–H and O–H groups in total. The van der Waals surface area contributed by atoms with Gasteiger partial charge in [-0.1, -0.05) is 19.9 Å². The van der Waals surface area contributed by atoms with Crippen molar-refractivity contribution >= 4 is 6.29 Å². The van der Waals surface area contributed by atoms with Crippen molar-refractivity contribution in [1.82, 2.24) is 10.3 Å². The van der Waals surface area contributed by atoms with Crippen LogP contribution < -0.4 is 5.32 Å². The molecule has 0 bridgehead atoms. The Bertz CT molecular complexity index is 313. The summed E-state index contributed by atoms with van der Waals surface area (Å²) < 4.78 is 13.0. The smallest absolute Gasteiger partial charge is 0.216 e. The van der Waals surface area contributed by atoms with Crippen LogP contribution in [0.2, 0.25) is 0 Å². The molecule has 0 saturated carbocycles. The van der Waals surface area contributed by atoms with Crippen LogP contribution in [-0.4, -0.2) is 25.4 Å². The van der Waals surface area contributed by atoms with Crippen molar-refractivity contribution in [3.05, 3.63) is 29.3 Å². The van der Waals surface area contributed by atoms with Gasteiger partial charge in [0.15, 0.2) is 6.29 Å². The van der Waals surface area contributed by atoms with Gasteiger partial charge >= 0.3 is 0 Å². The van der Waals surface area contributed by atoms with Crippen LogP contribution in [0.5, 0.6) is 0 Å². The van der Waals surface area contributed by atoms with Gasteiger partial charge in [0.1, 0.15) is 5.69 Å². The van der Waals surface area contributed by atoms with Crippen molar-refractivity contribution in [3.8, 4) is 0 Å². The van der Waals surface area contributed by atoms with E-state index in [9.17, 15) is 9.18 Å². The SMILES string of the molecule is CC(C)c1ccc(C=O)nc1F.CNC. The maximum absolute atomic E-state index is 13.0. The fraction of sp³-hybridized carbons (Fsp3) is 0.455. The number of carbonyl (C=O) groups is 1. The van der Waals surface area contributed by atoms with Crippen LogP contribution in [0.15, 0.2) is 12.1 Å². The molecule has 0 amide bonds. The maximum atomic E-state index is 13.0. The third-order valence-corrected chi connectivity index (χ3v) is 1.64. The fourth-order valence-electron chi connectivity index (χ4n) is 0.955. The van der Waals surface area contributed by atoms with E-state index in [-0.39, 0.29) is 11.6 Å². The lowest BCUT2D eigenvalue weighted by atomic mass is 10.1. The molecule has 0 spiro atoms. The summed E-state index contributed by atoms with van der Waals surface area (Å²) >= 11 is 0. The molecule has 84 valence electrons. The monoisotopic (exact) mass is 212 g/mol. The zero-order valence-corrected chi connectivity index (χ0v) is 9.54. The molecule has 1 aromatic heterocycles. The van der Waals surface area contributed by atoms with Crippen molar-refractivity contribution in [2.45, 2.75) is 19.8 Å². The Kier molecular flexibility index (Phi) is 6.45. The highest BCUT2D eigenvalue weighted by atomic mass is 19.1. The zero-order valence-electron chi connectivity index (χ0n) is 9.54. The van der Waals surface area contributed by atoms with E-state index in [0.29, 0.717) is 11.8 Å². The first-order valence-corrected chi connectivity index (χ1v) is 4.76. The molecular formula is C11H17FN2O. The van der Waals surface area contributed by atoms with Crippen molar-refractivity contribution in [2.24, 2.45) is 0 Å². The second-order valence-electron chi connectivity index (χ2n) is 3.39. The number of aldehydes is 1. The Labute approximate surface area is 89.7 Å². The number of hydrogen-bond donors (Lipinski definition) is 1. The zero-order chi connectivity index (χ0) is 11.8. The number of pyridine rings is 1. The Hall–Kier alpha value is -1.29. The van der Waals surface area contributed by atoms with Crippen LogP contribution in [0.4, 0.5) is 4.39 Å². The van der Waals surface area contributed by atoms with Gasteiger partial charge in [-0.3, -0.25) is 4.79 Å². The van der Waals surface area contributed by atoms with Crippen LogP contribution in [-0.2, 0) is 0 Å². The fourth-order valence-corrected chi connectivity index (χ4v) is 0.955. The summed E-state index contributed by atoms with van der Waals surface area (Å²) in [7, 11) is 3.75. The van der Waals surface area contributed by atoms with Crippen LogP contribution >= 0.6 is 0 Å². The average molecular weight is 212 g/mol. The minimum Gasteiger partial charge on any atom is -0.323 e. The predicted molar refractivity (Wildman–Crippen MR) is 58.7 cm³/mol. The van der Waals surface area contributed by atoms with Gasteiger partial charge in [0.05, 0.1) is 0 Å². The van der Waals surface area contributed by atoms with E-state index in [1.165, 1.54) is 6.07 Å². The average Bonchev–Trinajstić information content (AvgIpc) is 2.18. The molecule has 0 unspecified atom stereocenters. The summed E-state index contributed by atoms with van der Waals surface area (Å²) in [6.07, 6.45) is 0.535. The van der Waals surface area contributed by atoms with Gasteiger partial charge in [0.2, 0.25) is 5.95 Å². The van der Waals surface area contributed by atoms with E-state index in [2.05, 4.69) is 10.3 Å². The maximum Gasteiger partial charge on any atom is 0.216 e. The first kappa shape index (κ1) is 13.7. The molecule has 3 nitrogen and oxygen atoms in total. The van der Waals surface area contributed by atoms with Crippen LogP contribution in [0, 0.1) is 5.95 Å². The molecule has 0 radical (unpaired) electrons. The Morgan fingerprint density at radius 2 is 1.93 bits per heavy atom. The van der Waals surface area contributed by atoms with Gasteiger partial charge in [0, 0.05) is 5.56 Å². The second-order valence-corrected chi connectivity index (χ2v) is 3.39. The third kappa shape index (κ3) is 4.65. The first-order chi connectivity index (χ1) is 7.06. The summed E-state index contributed by atoms with van der Waals surface area (Å²) in [5.74, 6) is -0.451. The highest BCUT2D eigenvalue weighted by molar-refractivity contribution is 5.71. The number of carbonyl (C=O) groups excluding carboxylic acids is 1. The number of halogens is 1. The highest BCUT2D eigenvalue weighted by Gasteiger charge is 2.07. The van der Waals surface area contributed by atoms with Crippen molar-refractivity contribution in [3.63, 3.8) is 0 Å². The van der Waals surface area contributed by atoms with E-state index in [4.69, 9.17) is 0 Å². The predicted octanol–water partition coefficient (Wildman–Crippen LogP) is 1.99. The van der Waals surface area contributed by atoms with E-state index in [1.807, 2.05) is 27.9 Å². The quantitative estimate of drug-likeness (QED) is 0.602. The van der Waals surface area contributed by atoms with E-state index in [0.717, 1.165) is 0 Å². The number of nitrogens with zero attached hydrogens (tertiary/aromatic N) is 1. The molecule has 1 heterocycles. The van der Waals surface area contributed by atoms with Gasteiger partial charge in [0.25, 0.3) is 0 Å².